The molecule has 0 fully saturated rings. The van der Waals surface area contributed by atoms with Crippen LogP contribution < -0.4 is 0 Å². The van der Waals surface area contributed by atoms with Gasteiger partial charge in [-0.3, -0.25) is 9.69 Å². The number of likely N-dealkylation sites (N-methyl/N-ethyl adjacent to an activating group) is 1. The molecule has 0 bridgehead atoms. The second-order valence-corrected chi connectivity index (χ2v) is 8.53. The summed E-state index contributed by atoms with van der Waals surface area (Å²) in [6, 6.07) is 15.2. The van der Waals surface area contributed by atoms with Gasteiger partial charge in [0.25, 0.3) is 5.89 Å². The van der Waals surface area contributed by atoms with Gasteiger partial charge in [-0.25, -0.2) is 4.39 Å². The molecule has 0 aliphatic heterocycles. The molecular formula is C27H23F4N3O3. The zero-order valence-corrected chi connectivity index (χ0v) is 20.0. The van der Waals surface area contributed by atoms with E-state index < -0.39 is 29.6 Å². The lowest BCUT2D eigenvalue weighted by Gasteiger charge is -2.23. The molecule has 0 saturated heterocycles. The van der Waals surface area contributed by atoms with Gasteiger partial charge < -0.3 is 9.63 Å². The van der Waals surface area contributed by atoms with Gasteiger partial charge >= 0.3 is 12.1 Å². The Morgan fingerprint density at radius 1 is 1.03 bits per heavy atom. The number of carbonyl (C=O) groups is 1. The summed E-state index contributed by atoms with van der Waals surface area (Å²) in [5, 5.41) is 13.2. The van der Waals surface area contributed by atoms with Crippen LogP contribution in [0.4, 0.5) is 17.6 Å². The summed E-state index contributed by atoms with van der Waals surface area (Å²) in [4.78, 5) is 17.2. The van der Waals surface area contributed by atoms with Gasteiger partial charge in [-0.2, -0.15) is 18.2 Å². The van der Waals surface area contributed by atoms with Crippen molar-refractivity contribution < 1.29 is 32.0 Å². The molecule has 192 valence electrons. The largest absolute Gasteiger partial charge is 0.480 e. The molecule has 1 atom stereocenters. The van der Waals surface area contributed by atoms with E-state index in [9.17, 15) is 27.5 Å². The molecule has 1 N–H and O–H groups in total. The molecule has 6 nitrogen and oxygen atoms in total. The highest BCUT2D eigenvalue weighted by Gasteiger charge is 2.33. The zero-order valence-electron chi connectivity index (χ0n) is 20.0. The highest BCUT2D eigenvalue weighted by molar-refractivity contribution is 5.73. The molecular weight excluding hydrogens is 490 g/mol. The number of carboxylic acid groups (broad SMARTS) is 1. The van der Waals surface area contributed by atoms with Crippen LogP contribution in [0.25, 0.3) is 34.0 Å². The predicted octanol–water partition coefficient (Wildman–Crippen LogP) is 6.52. The van der Waals surface area contributed by atoms with Crippen LogP contribution in [0, 0.1) is 5.82 Å². The lowest BCUT2D eigenvalue weighted by molar-refractivity contribution is -0.143. The third-order valence-corrected chi connectivity index (χ3v) is 6.04. The standard InChI is InChI=1S/C27H23F4N3O3/c1-3-23(26(35)36)34(2)15-19-13-12-18(14-22(19)28)24-32-25(37-33-24)17-10-8-16(9-11-17)20-6-4-5-7-21(20)27(29,30)31/h4-14,23H,3,15H2,1-2H3,(H,35,36). The Bertz CT molecular complexity index is 1400. The number of halogens is 4. The van der Waals surface area contributed by atoms with Crippen LogP contribution in [-0.4, -0.2) is 39.2 Å². The van der Waals surface area contributed by atoms with E-state index in [0.717, 1.165) is 6.07 Å². The van der Waals surface area contributed by atoms with Crippen molar-refractivity contribution in [2.45, 2.75) is 32.1 Å². The van der Waals surface area contributed by atoms with Gasteiger partial charge in [0.05, 0.1) is 5.56 Å². The average molecular weight is 513 g/mol. The van der Waals surface area contributed by atoms with E-state index in [0.29, 0.717) is 28.7 Å². The molecule has 3 aromatic carbocycles. The quantitative estimate of drug-likeness (QED) is 0.270. The van der Waals surface area contributed by atoms with Crippen LogP contribution >= 0.6 is 0 Å². The third-order valence-electron chi connectivity index (χ3n) is 6.04. The van der Waals surface area contributed by atoms with E-state index in [4.69, 9.17) is 4.52 Å². The number of rotatable bonds is 8. The van der Waals surface area contributed by atoms with Crippen molar-refractivity contribution in [3.63, 3.8) is 0 Å². The lowest BCUT2D eigenvalue weighted by Crippen LogP contribution is -2.37. The molecule has 1 heterocycles. The van der Waals surface area contributed by atoms with Crippen LogP contribution in [0.2, 0.25) is 0 Å². The summed E-state index contributed by atoms with van der Waals surface area (Å²) in [5.41, 5.74) is 0.886. The van der Waals surface area contributed by atoms with Crippen molar-refractivity contribution in [1.29, 1.82) is 0 Å². The van der Waals surface area contributed by atoms with Crippen molar-refractivity contribution >= 4 is 5.97 Å². The first kappa shape index (κ1) is 26.0. The Kier molecular flexibility index (Phi) is 7.40. The number of benzene rings is 3. The summed E-state index contributed by atoms with van der Waals surface area (Å²) in [7, 11) is 1.62. The summed E-state index contributed by atoms with van der Waals surface area (Å²) in [6.45, 7) is 1.86. The van der Waals surface area contributed by atoms with E-state index in [-0.39, 0.29) is 23.8 Å². The van der Waals surface area contributed by atoms with E-state index in [1.165, 1.54) is 30.3 Å². The van der Waals surface area contributed by atoms with Crippen molar-refractivity contribution in [2.24, 2.45) is 0 Å². The Labute approximate surface area is 210 Å². The van der Waals surface area contributed by atoms with Gasteiger partial charge in [0.15, 0.2) is 0 Å². The maximum absolute atomic E-state index is 14.8. The van der Waals surface area contributed by atoms with E-state index >= 15 is 0 Å². The van der Waals surface area contributed by atoms with Crippen molar-refractivity contribution in [3.05, 3.63) is 83.7 Å². The fraction of sp³-hybridized carbons (Fsp3) is 0.222. The van der Waals surface area contributed by atoms with Crippen molar-refractivity contribution in [2.75, 3.05) is 7.05 Å². The summed E-state index contributed by atoms with van der Waals surface area (Å²) >= 11 is 0. The minimum atomic E-state index is -4.48. The van der Waals surface area contributed by atoms with Gasteiger partial charge in [-0.05, 0) is 48.9 Å². The number of hydrogen-bond donors (Lipinski definition) is 1. The predicted molar refractivity (Wildman–Crippen MR) is 129 cm³/mol. The second kappa shape index (κ2) is 10.5. The highest BCUT2D eigenvalue weighted by atomic mass is 19.4. The van der Waals surface area contributed by atoms with Gasteiger partial charge in [-0.1, -0.05) is 54.5 Å². The molecule has 0 spiro atoms. The number of carboxylic acids is 1. The topological polar surface area (TPSA) is 79.5 Å². The molecule has 0 radical (unpaired) electrons. The van der Waals surface area contributed by atoms with E-state index in [1.807, 2.05) is 0 Å². The molecule has 37 heavy (non-hydrogen) atoms. The van der Waals surface area contributed by atoms with E-state index in [1.54, 1.807) is 49.2 Å². The molecule has 4 aromatic rings. The highest BCUT2D eigenvalue weighted by Crippen LogP contribution is 2.37. The maximum Gasteiger partial charge on any atom is 0.417 e. The molecule has 1 aromatic heterocycles. The number of aliphatic carboxylic acids is 1. The van der Waals surface area contributed by atoms with Crippen LogP contribution in [0.1, 0.15) is 24.5 Å². The molecule has 0 aliphatic rings. The Morgan fingerprint density at radius 3 is 2.30 bits per heavy atom. The maximum atomic E-state index is 14.8. The summed E-state index contributed by atoms with van der Waals surface area (Å²) < 4.78 is 60.1. The Hall–Kier alpha value is -4.05. The van der Waals surface area contributed by atoms with E-state index in [2.05, 4.69) is 10.1 Å². The summed E-state index contributed by atoms with van der Waals surface area (Å²) in [5.74, 6) is -1.25. The van der Waals surface area contributed by atoms with Crippen LogP contribution in [0.5, 0.6) is 0 Å². The SMILES string of the molecule is CCC(C(=O)O)N(C)Cc1ccc(-c2noc(-c3ccc(-c4ccccc4C(F)(F)F)cc3)n2)cc1F. The number of aromatic nitrogens is 2. The first-order chi connectivity index (χ1) is 17.6. The fourth-order valence-electron chi connectivity index (χ4n) is 4.10. The molecule has 0 saturated carbocycles. The molecule has 1 unspecified atom stereocenters. The average Bonchev–Trinajstić information content (AvgIpc) is 3.35. The van der Waals surface area contributed by atoms with Crippen LogP contribution in [0.15, 0.2) is 71.3 Å². The van der Waals surface area contributed by atoms with Gasteiger partial charge in [0.2, 0.25) is 5.82 Å². The van der Waals surface area contributed by atoms with Gasteiger partial charge in [0, 0.05) is 23.2 Å². The zero-order chi connectivity index (χ0) is 26.7. The minimum Gasteiger partial charge on any atom is -0.480 e. The molecule has 10 heteroatoms. The normalized spacial score (nSPS) is 12.6. The van der Waals surface area contributed by atoms with Crippen LogP contribution in [0.3, 0.4) is 0 Å². The fourth-order valence-corrected chi connectivity index (χ4v) is 4.10. The number of hydrogen-bond acceptors (Lipinski definition) is 5. The van der Waals surface area contributed by atoms with Crippen LogP contribution in [-0.2, 0) is 17.5 Å². The van der Waals surface area contributed by atoms with Crippen molar-refractivity contribution in [1.82, 2.24) is 15.0 Å². The van der Waals surface area contributed by atoms with Crippen molar-refractivity contribution in [3.8, 4) is 34.0 Å². The smallest absolute Gasteiger partial charge is 0.417 e. The molecule has 0 amide bonds. The summed E-state index contributed by atoms with van der Waals surface area (Å²) in [6.07, 6.45) is -4.10. The minimum absolute atomic E-state index is 0.0580. The number of alkyl halides is 3. The monoisotopic (exact) mass is 513 g/mol. The van der Waals surface area contributed by atoms with Gasteiger partial charge in [-0.15, -0.1) is 0 Å². The Morgan fingerprint density at radius 2 is 1.68 bits per heavy atom. The van der Waals surface area contributed by atoms with Gasteiger partial charge in [0.1, 0.15) is 11.9 Å². The first-order valence-corrected chi connectivity index (χ1v) is 11.4. The number of nitrogens with zero attached hydrogens (tertiary/aromatic N) is 3. The third kappa shape index (κ3) is 5.69. The molecule has 0 aliphatic carbocycles. The lowest BCUT2D eigenvalue weighted by atomic mass is 9.98. The Balaban J connectivity index is 1.53. The first-order valence-electron chi connectivity index (χ1n) is 11.4. The second-order valence-electron chi connectivity index (χ2n) is 8.53. The molecule has 4 rings (SSSR count).